The number of hydrogen-bond donors (Lipinski definition) is 2. The summed E-state index contributed by atoms with van der Waals surface area (Å²) < 4.78 is 2.10. The molecule has 0 saturated heterocycles. The molecule has 5 heterocycles. The van der Waals surface area contributed by atoms with Crippen molar-refractivity contribution in [1.29, 1.82) is 5.26 Å². The number of hydrogen-bond acceptors (Lipinski definition) is 9. The molecule has 3 aromatic heterocycles. The molecule has 9 rings (SSSR count). The number of benzene rings is 2. The van der Waals surface area contributed by atoms with E-state index in [-0.39, 0.29) is 11.1 Å². The van der Waals surface area contributed by atoms with Crippen molar-refractivity contribution < 1.29 is 4.57 Å². The molecule has 4 aliphatic rings. The van der Waals surface area contributed by atoms with E-state index in [2.05, 4.69) is 77.5 Å². The summed E-state index contributed by atoms with van der Waals surface area (Å²) >= 11 is 7.10. The van der Waals surface area contributed by atoms with E-state index < -0.39 is 0 Å². The fraction of sp³-hybridized carbons (Fsp3) is 0.300. The normalized spacial score (nSPS) is 22.8. The number of nitrogens with zero attached hydrogens (tertiary/aromatic N) is 4. The van der Waals surface area contributed by atoms with Gasteiger partial charge in [-0.15, -0.1) is 22.7 Å². The number of thiophene rings is 2. The second-order valence-corrected chi connectivity index (χ2v) is 18.2. The van der Waals surface area contributed by atoms with E-state index in [1.54, 1.807) is 23.5 Å². The fourth-order valence-electron chi connectivity index (χ4n) is 8.27. The van der Waals surface area contributed by atoms with E-state index in [9.17, 15) is 5.26 Å². The summed E-state index contributed by atoms with van der Waals surface area (Å²) in [5.74, 6) is 2.03. The average Bonchev–Trinajstić information content (AvgIpc) is 3.79. The van der Waals surface area contributed by atoms with Crippen molar-refractivity contribution in [3.05, 3.63) is 106 Å². The molecule has 0 bridgehead atoms. The molecule has 2 spiro atoms. The van der Waals surface area contributed by atoms with Gasteiger partial charge in [-0.05, 0) is 103 Å². The first-order chi connectivity index (χ1) is 24.4. The predicted octanol–water partition coefficient (Wildman–Crippen LogP) is 8.93. The second kappa shape index (κ2) is 12.7. The topological polar surface area (TPSA) is 104 Å². The van der Waals surface area contributed by atoms with Crippen LogP contribution in [0.3, 0.4) is 0 Å². The highest BCUT2D eigenvalue weighted by atomic mass is 32.2. The Balaban J connectivity index is 1.05. The van der Waals surface area contributed by atoms with Crippen LogP contribution in [0.1, 0.15) is 65.0 Å². The van der Waals surface area contributed by atoms with Crippen molar-refractivity contribution in [3.63, 3.8) is 0 Å². The van der Waals surface area contributed by atoms with Gasteiger partial charge in [0.25, 0.3) is 0 Å². The molecular formula is C40H37N6S4+. The summed E-state index contributed by atoms with van der Waals surface area (Å²) in [5, 5.41) is 11.5. The van der Waals surface area contributed by atoms with E-state index in [1.165, 1.54) is 41.8 Å². The third-order valence-electron chi connectivity index (χ3n) is 10.7. The van der Waals surface area contributed by atoms with Crippen LogP contribution in [0.4, 0.5) is 0 Å². The Kier molecular flexibility index (Phi) is 8.15. The van der Waals surface area contributed by atoms with Crippen LogP contribution in [0.5, 0.6) is 0 Å². The highest BCUT2D eigenvalue weighted by Gasteiger charge is 2.41. The minimum Gasteiger partial charge on any atom is -0.379 e. The zero-order valence-electron chi connectivity index (χ0n) is 27.7. The lowest BCUT2D eigenvalue weighted by atomic mass is 9.78. The lowest BCUT2D eigenvalue weighted by Gasteiger charge is -2.36. The molecule has 250 valence electrons. The number of rotatable bonds is 4. The number of nitrogens with two attached hydrogens (primary N) is 2. The van der Waals surface area contributed by atoms with Gasteiger partial charge in [-0.1, -0.05) is 53.9 Å². The van der Waals surface area contributed by atoms with Crippen LogP contribution in [0.15, 0.2) is 89.1 Å². The van der Waals surface area contributed by atoms with Crippen LogP contribution in [0, 0.1) is 11.3 Å². The molecule has 0 saturated carbocycles. The first kappa shape index (κ1) is 32.1. The Morgan fingerprint density at radius 3 is 1.86 bits per heavy atom. The monoisotopic (exact) mass is 729 g/mol. The van der Waals surface area contributed by atoms with Gasteiger partial charge in [0.15, 0.2) is 22.7 Å². The Labute approximate surface area is 309 Å². The van der Waals surface area contributed by atoms with Crippen LogP contribution >= 0.6 is 46.2 Å². The van der Waals surface area contributed by atoms with Crippen molar-refractivity contribution >= 4 is 56.5 Å². The summed E-state index contributed by atoms with van der Waals surface area (Å²) in [6.07, 6.45) is 12.8. The first-order valence-electron chi connectivity index (χ1n) is 17.3. The minimum atomic E-state index is -0.204. The van der Waals surface area contributed by atoms with E-state index in [0.717, 1.165) is 84.9 Å². The Bertz CT molecular complexity index is 2260. The van der Waals surface area contributed by atoms with Gasteiger partial charge >= 0.3 is 0 Å². The number of amidine groups is 2. The van der Waals surface area contributed by atoms with Gasteiger partial charge < -0.3 is 11.5 Å². The molecule has 10 heteroatoms. The van der Waals surface area contributed by atoms with Crippen molar-refractivity contribution in [2.75, 3.05) is 11.5 Å². The molecule has 2 aliphatic carbocycles. The van der Waals surface area contributed by atoms with E-state index in [0.29, 0.717) is 10.7 Å². The molecule has 2 aliphatic heterocycles. The zero-order valence-corrected chi connectivity index (χ0v) is 30.9. The van der Waals surface area contributed by atoms with Crippen molar-refractivity contribution in [3.8, 4) is 43.8 Å². The predicted molar refractivity (Wildman–Crippen MR) is 211 cm³/mol. The molecule has 50 heavy (non-hydrogen) atoms. The van der Waals surface area contributed by atoms with E-state index in [4.69, 9.17) is 21.5 Å². The number of pyridine rings is 1. The van der Waals surface area contributed by atoms with Crippen molar-refractivity contribution in [2.45, 2.75) is 62.4 Å². The Hall–Kier alpha value is -3.88. The number of nitriles is 1. The summed E-state index contributed by atoms with van der Waals surface area (Å²) in [7, 11) is 0. The van der Waals surface area contributed by atoms with Crippen LogP contribution in [0.2, 0.25) is 0 Å². The van der Waals surface area contributed by atoms with E-state index in [1.807, 2.05) is 34.9 Å². The lowest BCUT2D eigenvalue weighted by molar-refractivity contribution is -0.595. The molecule has 6 nitrogen and oxygen atoms in total. The fourth-order valence-corrected chi connectivity index (χ4v) is 12.6. The molecule has 5 aromatic rings. The summed E-state index contributed by atoms with van der Waals surface area (Å²) in [6.45, 7) is 0. The van der Waals surface area contributed by atoms with Crippen molar-refractivity contribution in [2.24, 2.45) is 21.5 Å². The smallest absolute Gasteiger partial charge is 0.211 e. The molecule has 0 fully saturated rings. The standard InChI is InChI=1S/C40H37N6S4/c41-22-25-17-29(36-21-32-34(50-36)10-4-12-40(32)14-16-48-38(43)45-40)24-46(23-25)30-8-2-6-27(19-30)26-5-1-7-28(18-26)35-20-31-33(49-35)9-3-11-39(31)13-15-47-37(42)44-39/h1-2,5-8,17-21,23-24H,3-4,9-16H2,(H2,42,44)(H2,43,45)/q+1. The largest absolute Gasteiger partial charge is 0.379 e. The quantitative estimate of drug-likeness (QED) is 0.180. The molecule has 0 radical (unpaired) electrons. The third kappa shape index (κ3) is 5.69. The zero-order chi connectivity index (χ0) is 33.9. The second-order valence-electron chi connectivity index (χ2n) is 13.7. The summed E-state index contributed by atoms with van der Waals surface area (Å²) in [6, 6.07) is 26.7. The van der Waals surface area contributed by atoms with Gasteiger partial charge in [-0.2, -0.15) is 9.83 Å². The van der Waals surface area contributed by atoms with Crippen LogP contribution in [-0.2, 0) is 23.9 Å². The number of aliphatic imine (C=N–C) groups is 2. The number of fused-ring (bicyclic) bond motifs is 4. The maximum Gasteiger partial charge on any atom is 0.211 e. The number of aryl methyl sites for hydroxylation is 2. The summed E-state index contributed by atoms with van der Waals surface area (Å²) in [4.78, 5) is 15.4. The highest BCUT2D eigenvalue weighted by molar-refractivity contribution is 8.14. The molecular weight excluding hydrogens is 693 g/mol. The van der Waals surface area contributed by atoms with Crippen LogP contribution < -0.4 is 16.0 Å². The van der Waals surface area contributed by atoms with E-state index >= 15 is 0 Å². The van der Waals surface area contributed by atoms with Gasteiger partial charge in [0.1, 0.15) is 11.6 Å². The molecule has 2 aromatic carbocycles. The molecule has 4 N–H and O–H groups in total. The molecule has 0 amide bonds. The summed E-state index contributed by atoms with van der Waals surface area (Å²) in [5.41, 5.74) is 21.1. The maximum absolute atomic E-state index is 10.1. The number of aromatic nitrogens is 1. The SMILES string of the molecule is N#Cc1cc(-c2cc3c(s2)CCCC32CCSC(N)=N2)c[n+](-c2cccc(-c3cccc(-c4cc5c(s4)CCCC54CCSC(N)=N4)c3)c2)c1. The maximum atomic E-state index is 10.1. The van der Waals surface area contributed by atoms with Gasteiger partial charge in [-0.3, -0.25) is 9.98 Å². The molecule has 2 unspecified atom stereocenters. The van der Waals surface area contributed by atoms with Gasteiger partial charge in [0.2, 0.25) is 5.69 Å². The van der Waals surface area contributed by atoms with Crippen LogP contribution in [0.25, 0.3) is 37.7 Å². The van der Waals surface area contributed by atoms with Crippen LogP contribution in [-0.4, -0.2) is 21.8 Å². The Morgan fingerprint density at radius 2 is 1.24 bits per heavy atom. The third-order valence-corrected chi connectivity index (χ3v) is 14.8. The van der Waals surface area contributed by atoms with Gasteiger partial charge in [0.05, 0.1) is 16.6 Å². The Morgan fingerprint density at radius 1 is 0.660 bits per heavy atom. The van der Waals surface area contributed by atoms with Gasteiger partial charge in [-0.25, -0.2) is 0 Å². The lowest BCUT2D eigenvalue weighted by Crippen LogP contribution is -2.34. The average molecular weight is 730 g/mol. The molecule has 2 atom stereocenters. The highest BCUT2D eigenvalue weighted by Crippen LogP contribution is 2.50. The van der Waals surface area contributed by atoms with Crippen molar-refractivity contribution in [1.82, 2.24) is 0 Å². The minimum absolute atomic E-state index is 0.154. The van der Waals surface area contributed by atoms with Gasteiger partial charge in [0, 0.05) is 43.1 Å². The number of thioether (sulfide) groups is 2. The first-order valence-corrected chi connectivity index (χ1v) is 20.9.